The third-order valence-electron chi connectivity index (χ3n) is 3.60. The van der Waals surface area contributed by atoms with Gasteiger partial charge in [0.2, 0.25) is 11.8 Å². The fourth-order valence-electron chi connectivity index (χ4n) is 2.23. The lowest BCUT2D eigenvalue weighted by atomic mass is 10.1. The number of rotatable bonds is 5. The van der Waals surface area contributed by atoms with Gasteiger partial charge in [0.25, 0.3) is 0 Å². The van der Waals surface area contributed by atoms with Crippen LogP contribution in [0.25, 0.3) is 0 Å². The molecule has 0 saturated carbocycles. The maximum Gasteiger partial charge on any atom is 0.311 e. The maximum atomic E-state index is 11.7. The molecule has 0 aliphatic carbocycles. The first kappa shape index (κ1) is 15.2. The lowest BCUT2D eigenvalue weighted by Gasteiger charge is -2.14. The van der Waals surface area contributed by atoms with Crippen molar-refractivity contribution in [2.75, 3.05) is 6.73 Å². The van der Waals surface area contributed by atoms with Crippen LogP contribution in [0.3, 0.4) is 0 Å². The van der Waals surface area contributed by atoms with Gasteiger partial charge in [-0.3, -0.25) is 14.4 Å². The summed E-state index contributed by atoms with van der Waals surface area (Å²) in [5, 5.41) is 0. The van der Waals surface area contributed by atoms with E-state index in [1.165, 1.54) is 5.56 Å². The average molecular weight is 289 g/mol. The number of esters is 1. The Hall–Kier alpha value is -2.17. The number of benzene rings is 1. The lowest BCUT2D eigenvalue weighted by Crippen LogP contribution is -2.33. The first-order valence-corrected chi connectivity index (χ1v) is 7.09. The highest BCUT2D eigenvalue weighted by molar-refractivity contribution is 6.03. The molecule has 1 unspecified atom stereocenters. The van der Waals surface area contributed by atoms with Crippen LogP contribution in [0.15, 0.2) is 24.3 Å². The van der Waals surface area contributed by atoms with Crippen molar-refractivity contribution in [2.24, 2.45) is 5.92 Å². The lowest BCUT2D eigenvalue weighted by molar-refractivity contribution is -0.155. The zero-order chi connectivity index (χ0) is 15.4. The fourth-order valence-corrected chi connectivity index (χ4v) is 2.23. The molecule has 5 nitrogen and oxygen atoms in total. The van der Waals surface area contributed by atoms with E-state index in [4.69, 9.17) is 4.74 Å². The van der Waals surface area contributed by atoms with E-state index in [0.29, 0.717) is 0 Å². The summed E-state index contributed by atoms with van der Waals surface area (Å²) in [6.07, 6.45) is 1.27. The van der Waals surface area contributed by atoms with Gasteiger partial charge < -0.3 is 4.74 Å². The van der Waals surface area contributed by atoms with Gasteiger partial charge in [0.1, 0.15) is 0 Å². The number of hydrogen-bond acceptors (Lipinski definition) is 4. The normalized spacial score (nSPS) is 18.2. The zero-order valence-corrected chi connectivity index (χ0v) is 12.3. The Morgan fingerprint density at radius 3 is 2.38 bits per heavy atom. The molecule has 21 heavy (non-hydrogen) atoms. The predicted molar refractivity (Wildman–Crippen MR) is 76.1 cm³/mol. The van der Waals surface area contributed by atoms with E-state index in [1.807, 2.05) is 24.3 Å². The first-order valence-electron chi connectivity index (χ1n) is 7.09. The van der Waals surface area contributed by atoms with Gasteiger partial charge >= 0.3 is 5.97 Å². The summed E-state index contributed by atoms with van der Waals surface area (Å²) in [5.74, 6) is -1.33. The number of likely N-dealkylation sites (tertiary alicyclic amines) is 1. The summed E-state index contributed by atoms with van der Waals surface area (Å²) in [6.45, 7) is 3.47. The van der Waals surface area contributed by atoms with Crippen molar-refractivity contribution in [1.82, 2.24) is 4.90 Å². The van der Waals surface area contributed by atoms with Crippen LogP contribution >= 0.6 is 0 Å². The van der Waals surface area contributed by atoms with E-state index < -0.39 is 5.97 Å². The highest BCUT2D eigenvalue weighted by Crippen LogP contribution is 2.18. The van der Waals surface area contributed by atoms with Crippen LogP contribution in [-0.4, -0.2) is 29.4 Å². The number of carbonyl (C=O) groups excluding carboxylic acids is 3. The van der Waals surface area contributed by atoms with Gasteiger partial charge in [0.15, 0.2) is 6.73 Å². The van der Waals surface area contributed by atoms with Crippen LogP contribution in [-0.2, 0) is 32.0 Å². The second-order valence-corrected chi connectivity index (χ2v) is 5.26. The number of carbonyl (C=O) groups is 3. The fraction of sp³-hybridized carbons (Fsp3) is 0.438. The first-order chi connectivity index (χ1) is 10.0. The van der Waals surface area contributed by atoms with E-state index >= 15 is 0 Å². The molecule has 5 heteroatoms. The van der Waals surface area contributed by atoms with E-state index in [-0.39, 0.29) is 37.3 Å². The highest BCUT2D eigenvalue weighted by Gasteiger charge is 2.36. The van der Waals surface area contributed by atoms with E-state index in [0.717, 1.165) is 16.9 Å². The monoisotopic (exact) mass is 289 g/mol. The Morgan fingerprint density at radius 1 is 1.24 bits per heavy atom. The molecule has 0 N–H and O–H groups in total. The molecule has 1 aromatic rings. The summed E-state index contributed by atoms with van der Waals surface area (Å²) < 4.78 is 5.02. The molecule has 0 bridgehead atoms. The maximum absolute atomic E-state index is 11.7. The number of aryl methyl sites for hydroxylation is 1. The Balaban J connectivity index is 1.84. The van der Waals surface area contributed by atoms with Crippen molar-refractivity contribution in [3.63, 3.8) is 0 Å². The molecule has 2 amide bonds. The summed E-state index contributed by atoms with van der Waals surface area (Å²) in [6, 6.07) is 7.71. The minimum absolute atomic E-state index is 0.135. The number of amides is 2. The van der Waals surface area contributed by atoms with Crippen molar-refractivity contribution in [3.8, 4) is 0 Å². The van der Waals surface area contributed by atoms with Gasteiger partial charge in [0.05, 0.1) is 6.42 Å². The highest BCUT2D eigenvalue weighted by atomic mass is 16.5. The van der Waals surface area contributed by atoms with Gasteiger partial charge in [-0.05, 0) is 17.5 Å². The Kier molecular flexibility index (Phi) is 4.73. The number of nitrogens with zero attached hydrogens (tertiary/aromatic N) is 1. The predicted octanol–water partition coefficient (Wildman–Crippen LogP) is 1.69. The SMILES string of the molecule is CCc1ccc(CC(=O)OCN2C(=O)CC(C)C2=O)cc1. The minimum Gasteiger partial charge on any atom is -0.443 e. The second-order valence-electron chi connectivity index (χ2n) is 5.26. The van der Waals surface area contributed by atoms with Gasteiger partial charge in [0, 0.05) is 12.3 Å². The molecular formula is C16H19NO4. The van der Waals surface area contributed by atoms with Crippen molar-refractivity contribution < 1.29 is 19.1 Å². The molecule has 1 fully saturated rings. The van der Waals surface area contributed by atoms with E-state index in [1.54, 1.807) is 6.92 Å². The van der Waals surface area contributed by atoms with Crippen LogP contribution in [0.2, 0.25) is 0 Å². The minimum atomic E-state index is -0.445. The molecule has 0 spiro atoms. The summed E-state index contributed by atoms with van der Waals surface area (Å²) in [7, 11) is 0. The van der Waals surface area contributed by atoms with Gasteiger partial charge in [-0.25, -0.2) is 4.90 Å². The van der Waals surface area contributed by atoms with Crippen molar-refractivity contribution in [2.45, 2.75) is 33.1 Å². The molecule has 112 valence electrons. The van der Waals surface area contributed by atoms with Gasteiger partial charge in [-0.15, -0.1) is 0 Å². The number of imide groups is 1. The topological polar surface area (TPSA) is 63.7 Å². The zero-order valence-electron chi connectivity index (χ0n) is 12.3. The molecule has 1 aliphatic heterocycles. The molecular weight excluding hydrogens is 270 g/mol. The van der Waals surface area contributed by atoms with E-state index in [2.05, 4.69) is 6.92 Å². The largest absolute Gasteiger partial charge is 0.443 e. The van der Waals surface area contributed by atoms with Crippen LogP contribution in [0, 0.1) is 5.92 Å². The van der Waals surface area contributed by atoms with Gasteiger partial charge in [-0.1, -0.05) is 38.1 Å². The van der Waals surface area contributed by atoms with Crippen molar-refractivity contribution in [1.29, 1.82) is 0 Å². The summed E-state index contributed by atoms with van der Waals surface area (Å²) in [5.41, 5.74) is 2.05. The Labute approximate surface area is 123 Å². The molecule has 0 aromatic heterocycles. The average Bonchev–Trinajstić information content (AvgIpc) is 2.71. The second kappa shape index (κ2) is 6.52. The third kappa shape index (κ3) is 3.68. The summed E-state index contributed by atoms with van der Waals surface area (Å²) >= 11 is 0. The van der Waals surface area contributed by atoms with Crippen molar-refractivity contribution >= 4 is 17.8 Å². The van der Waals surface area contributed by atoms with Crippen LogP contribution in [0.4, 0.5) is 0 Å². The standard InChI is InChI=1S/C16H19NO4/c1-3-12-4-6-13(7-5-12)9-15(19)21-10-17-14(18)8-11(2)16(17)20/h4-7,11H,3,8-10H2,1-2H3. The van der Waals surface area contributed by atoms with Crippen molar-refractivity contribution in [3.05, 3.63) is 35.4 Å². The number of hydrogen-bond donors (Lipinski definition) is 0. The quantitative estimate of drug-likeness (QED) is 0.611. The third-order valence-corrected chi connectivity index (χ3v) is 3.60. The molecule has 1 atom stereocenters. The Bertz CT molecular complexity index is 550. The molecule has 0 radical (unpaired) electrons. The van der Waals surface area contributed by atoms with Crippen LogP contribution in [0.1, 0.15) is 31.4 Å². The molecule has 1 heterocycles. The van der Waals surface area contributed by atoms with E-state index in [9.17, 15) is 14.4 Å². The Morgan fingerprint density at radius 2 is 1.86 bits per heavy atom. The molecule has 1 aliphatic rings. The molecule has 1 saturated heterocycles. The number of ether oxygens (including phenoxy) is 1. The van der Waals surface area contributed by atoms with Crippen LogP contribution < -0.4 is 0 Å². The molecule has 1 aromatic carbocycles. The van der Waals surface area contributed by atoms with Crippen LogP contribution in [0.5, 0.6) is 0 Å². The molecule has 2 rings (SSSR count). The summed E-state index contributed by atoms with van der Waals surface area (Å²) in [4.78, 5) is 36.0. The smallest absolute Gasteiger partial charge is 0.311 e. The van der Waals surface area contributed by atoms with Gasteiger partial charge in [-0.2, -0.15) is 0 Å².